The molecule has 0 unspecified atom stereocenters. The summed E-state index contributed by atoms with van der Waals surface area (Å²) < 4.78 is 0. The number of nitrogens with two attached hydrogens (primary N) is 1. The summed E-state index contributed by atoms with van der Waals surface area (Å²) in [6, 6.07) is 0. The first kappa shape index (κ1) is 10.6. The van der Waals surface area contributed by atoms with Crippen LogP contribution in [0.2, 0.25) is 0 Å². The number of H-pyrrole nitrogens is 1. The van der Waals surface area contributed by atoms with Crippen molar-refractivity contribution in [2.24, 2.45) is 11.1 Å². The van der Waals surface area contributed by atoms with Crippen LogP contribution in [0.3, 0.4) is 0 Å². The predicted molar refractivity (Wildman–Crippen MR) is 51.1 cm³/mol. The molecule has 1 rings (SSSR count). The normalized spacial score (nSPS) is 11.4. The molecule has 1 heterocycles. The highest BCUT2D eigenvalue weighted by atomic mass is 16.2. The zero-order valence-electron chi connectivity index (χ0n) is 8.37. The van der Waals surface area contributed by atoms with Gasteiger partial charge in [-0.25, -0.2) is 4.98 Å². The molecule has 14 heavy (non-hydrogen) atoms. The Balaban J connectivity index is 2.43. The van der Waals surface area contributed by atoms with Gasteiger partial charge in [0.05, 0.1) is 12.0 Å². The second-order valence-corrected chi connectivity index (χ2v) is 3.70. The number of carbonyl (C=O) groups excluding carboxylic acids is 1. The molecular formula is C8H15N5O. The second kappa shape index (κ2) is 4.19. The van der Waals surface area contributed by atoms with Crippen LogP contribution >= 0.6 is 0 Å². The van der Waals surface area contributed by atoms with Gasteiger partial charge in [-0.05, 0) is 13.8 Å². The van der Waals surface area contributed by atoms with Crippen LogP contribution in [-0.2, 0) is 11.3 Å². The Morgan fingerprint density at radius 2 is 2.43 bits per heavy atom. The van der Waals surface area contributed by atoms with Crippen molar-refractivity contribution < 1.29 is 4.79 Å². The van der Waals surface area contributed by atoms with E-state index in [4.69, 9.17) is 5.73 Å². The zero-order chi connectivity index (χ0) is 10.6. The molecule has 0 aromatic carbocycles. The lowest BCUT2D eigenvalue weighted by Gasteiger charge is -2.20. The first-order valence-electron chi connectivity index (χ1n) is 4.39. The molecule has 6 heteroatoms. The molecule has 6 nitrogen and oxygen atoms in total. The van der Waals surface area contributed by atoms with Crippen molar-refractivity contribution in [2.75, 3.05) is 6.54 Å². The molecule has 1 aromatic rings. The third-order valence-corrected chi connectivity index (χ3v) is 2.01. The molecule has 0 saturated carbocycles. The average molecular weight is 197 g/mol. The van der Waals surface area contributed by atoms with Crippen LogP contribution in [0.4, 0.5) is 0 Å². The minimum Gasteiger partial charge on any atom is -0.348 e. The van der Waals surface area contributed by atoms with Gasteiger partial charge in [-0.1, -0.05) is 0 Å². The molecule has 0 aliphatic carbocycles. The number of nitrogens with zero attached hydrogens (tertiary/aromatic N) is 2. The van der Waals surface area contributed by atoms with E-state index in [0.717, 1.165) is 0 Å². The molecule has 0 bridgehead atoms. The molecule has 0 aliphatic rings. The fourth-order valence-corrected chi connectivity index (χ4v) is 0.812. The third-order valence-electron chi connectivity index (χ3n) is 2.01. The summed E-state index contributed by atoms with van der Waals surface area (Å²) in [5, 5.41) is 9.05. The smallest absolute Gasteiger partial charge is 0.227 e. The maximum absolute atomic E-state index is 11.5. The first-order chi connectivity index (χ1) is 6.56. The van der Waals surface area contributed by atoms with Crippen molar-refractivity contribution in [3.63, 3.8) is 0 Å². The molecule has 1 aromatic heterocycles. The van der Waals surface area contributed by atoms with Gasteiger partial charge in [0.25, 0.3) is 0 Å². The van der Waals surface area contributed by atoms with Crippen molar-refractivity contribution in [1.82, 2.24) is 20.5 Å². The van der Waals surface area contributed by atoms with Crippen LogP contribution in [0.5, 0.6) is 0 Å². The highest BCUT2D eigenvalue weighted by Gasteiger charge is 2.25. The lowest BCUT2D eigenvalue weighted by atomic mass is 9.93. The zero-order valence-corrected chi connectivity index (χ0v) is 8.37. The van der Waals surface area contributed by atoms with Gasteiger partial charge in [0, 0.05) is 6.54 Å². The SMILES string of the molecule is CC(C)(CN)C(=O)NCc1ncn[nH]1. The average Bonchev–Trinajstić information content (AvgIpc) is 2.66. The van der Waals surface area contributed by atoms with E-state index in [1.54, 1.807) is 13.8 Å². The van der Waals surface area contributed by atoms with Gasteiger partial charge in [-0.3, -0.25) is 9.89 Å². The van der Waals surface area contributed by atoms with E-state index < -0.39 is 5.41 Å². The van der Waals surface area contributed by atoms with Crippen molar-refractivity contribution in [2.45, 2.75) is 20.4 Å². The maximum Gasteiger partial charge on any atom is 0.227 e. The number of hydrogen-bond acceptors (Lipinski definition) is 4. The largest absolute Gasteiger partial charge is 0.348 e. The fourth-order valence-electron chi connectivity index (χ4n) is 0.812. The molecule has 0 radical (unpaired) electrons. The van der Waals surface area contributed by atoms with E-state index in [-0.39, 0.29) is 5.91 Å². The van der Waals surface area contributed by atoms with Gasteiger partial charge in [0.15, 0.2) is 0 Å². The van der Waals surface area contributed by atoms with E-state index in [0.29, 0.717) is 18.9 Å². The van der Waals surface area contributed by atoms with Gasteiger partial charge in [0.1, 0.15) is 12.2 Å². The fraction of sp³-hybridized carbons (Fsp3) is 0.625. The molecule has 4 N–H and O–H groups in total. The second-order valence-electron chi connectivity index (χ2n) is 3.70. The minimum atomic E-state index is -0.542. The van der Waals surface area contributed by atoms with E-state index in [1.165, 1.54) is 6.33 Å². The minimum absolute atomic E-state index is 0.0867. The predicted octanol–water partition coefficient (Wildman–Crippen LogP) is -0.594. The van der Waals surface area contributed by atoms with E-state index in [2.05, 4.69) is 20.5 Å². The summed E-state index contributed by atoms with van der Waals surface area (Å²) in [5.74, 6) is 0.544. The summed E-state index contributed by atoms with van der Waals surface area (Å²) in [6.45, 7) is 4.25. The summed E-state index contributed by atoms with van der Waals surface area (Å²) in [6.07, 6.45) is 1.40. The van der Waals surface area contributed by atoms with E-state index in [9.17, 15) is 4.79 Å². The summed E-state index contributed by atoms with van der Waals surface area (Å²) >= 11 is 0. The molecular weight excluding hydrogens is 182 g/mol. The molecule has 0 atom stereocenters. The molecule has 0 aliphatic heterocycles. The topological polar surface area (TPSA) is 96.7 Å². The first-order valence-corrected chi connectivity index (χ1v) is 4.39. The number of aromatic amines is 1. The Bertz CT molecular complexity index is 293. The Morgan fingerprint density at radius 3 is 2.93 bits per heavy atom. The van der Waals surface area contributed by atoms with Crippen molar-refractivity contribution >= 4 is 5.91 Å². The van der Waals surface area contributed by atoms with Crippen LogP contribution in [0.25, 0.3) is 0 Å². The number of rotatable bonds is 4. The number of carbonyl (C=O) groups is 1. The summed E-state index contributed by atoms with van der Waals surface area (Å²) in [5.41, 5.74) is 4.92. The van der Waals surface area contributed by atoms with Gasteiger partial charge < -0.3 is 11.1 Å². The van der Waals surface area contributed by atoms with Crippen LogP contribution in [0, 0.1) is 5.41 Å². The van der Waals surface area contributed by atoms with Gasteiger partial charge in [0.2, 0.25) is 5.91 Å². The summed E-state index contributed by atoms with van der Waals surface area (Å²) in [7, 11) is 0. The Labute approximate surface area is 82.3 Å². The number of aromatic nitrogens is 3. The van der Waals surface area contributed by atoms with Crippen molar-refractivity contribution in [3.05, 3.63) is 12.2 Å². The van der Waals surface area contributed by atoms with E-state index in [1.807, 2.05) is 0 Å². The van der Waals surface area contributed by atoms with Gasteiger partial charge in [-0.2, -0.15) is 5.10 Å². The Hall–Kier alpha value is -1.43. The van der Waals surface area contributed by atoms with Crippen molar-refractivity contribution in [1.29, 1.82) is 0 Å². The van der Waals surface area contributed by atoms with Crippen LogP contribution in [0.15, 0.2) is 6.33 Å². The monoisotopic (exact) mass is 197 g/mol. The molecule has 0 spiro atoms. The standard InChI is InChI=1S/C8H15N5O/c1-8(2,4-9)7(14)10-3-6-11-5-12-13-6/h5H,3-4,9H2,1-2H3,(H,10,14)(H,11,12,13). The highest BCUT2D eigenvalue weighted by Crippen LogP contribution is 2.12. The van der Waals surface area contributed by atoms with Crippen LogP contribution in [-0.4, -0.2) is 27.6 Å². The quantitative estimate of drug-likeness (QED) is 0.600. The van der Waals surface area contributed by atoms with Gasteiger partial charge in [-0.15, -0.1) is 0 Å². The molecule has 78 valence electrons. The number of nitrogens with one attached hydrogen (secondary N) is 2. The lowest BCUT2D eigenvalue weighted by molar-refractivity contribution is -0.129. The number of hydrogen-bond donors (Lipinski definition) is 3. The maximum atomic E-state index is 11.5. The molecule has 0 fully saturated rings. The van der Waals surface area contributed by atoms with Crippen molar-refractivity contribution in [3.8, 4) is 0 Å². The number of amides is 1. The van der Waals surface area contributed by atoms with Crippen LogP contribution in [0.1, 0.15) is 19.7 Å². The molecule has 1 amide bonds. The molecule has 0 saturated heterocycles. The van der Waals surface area contributed by atoms with Gasteiger partial charge >= 0.3 is 0 Å². The Morgan fingerprint density at radius 1 is 1.71 bits per heavy atom. The summed E-state index contributed by atoms with van der Waals surface area (Å²) in [4.78, 5) is 15.4. The van der Waals surface area contributed by atoms with Crippen LogP contribution < -0.4 is 11.1 Å². The lowest BCUT2D eigenvalue weighted by Crippen LogP contribution is -2.41. The Kier molecular flexibility index (Phi) is 3.19. The highest BCUT2D eigenvalue weighted by molar-refractivity contribution is 5.81. The third kappa shape index (κ3) is 2.53. The van der Waals surface area contributed by atoms with E-state index >= 15 is 0 Å².